The van der Waals surface area contributed by atoms with Crippen LogP contribution in [0.4, 0.5) is 0 Å². The lowest BCUT2D eigenvalue weighted by atomic mass is 10.1. The first-order valence-electron chi connectivity index (χ1n) is 5.84. The van der Waals surface area contributed by atoms with E-state index in [1.807, 2.05) is 12.1 Å². The second kappa shape index (κ2) is 5.33. The van der Waals surface area contributed by atoms with Crippen LogP contribution in [0.2, 0.25) is 10.0 Å². The van der Waals surface area contributed by atoms with E-state index in [4.69, 9.17) is 27.9 Å². The third kappa shape index (κ3) is 2.70. The van der Waals surface area contributed by atoms with E-state index in [0.29, 0.717) is 21.7 Å². The molecule has 0 radical (unpaired) electrons. The lowest BCUT2D eigenvalue weighted by molar-refractivity contribution is 0.415. The Morgan fingerprint density at radius 3 is 2.50 bits per heavy atom. The van der Waals surface area contributed by atoms with Crippen molar-refractivity contribution in [2.45, 2.75) is 20.3 Å². The van der Waals surface area contributed by atoms with Gasteiger partial charge in [-0.15, -0.1) is 0 Å². The first kappa shape index (κ1) is 13.4. The van der Waals surface area contributed by atoms with Gasteiger partial charge in [0.15, 0.2) is 0 Å². The number of methoxy groups -OCH3 is 1. The van der Waals surface area contributed by atoms with Crippen molar-refractivity contribution < 1.29 is 4.74 Å². The van der Waals surface area contributed by atoms with Crippen molar-refractivity contribution in [3.05, 3.63) is 33.9 Å². The molecule has 18 heavy (non-hydrogen) atoms. The van der Waals surface area contributed by atoms with Crippen molar-refractivity contribution in [3.8, 4) is 5.75 Å². The van der Waals surface area contributed by atoms with E-state index in [0.717, 1.165) is 23.0 Å². The molecule has 2 rings (SSSR count). The fraction of sp³-hybridized carbons (Fsp3) is 0.357. The Morgan fingerprint density at radius 2 is 1.89 bits per heavy atom. The van der Waals surface area contributed by atoms with Crippen molar-refractivity contribution in [3.63, 3.8) is 0 Å². The maximum atomic E-state index is 6.27. The van der Waals surface area contributed by atoms with Crippen molar-refractivity contribution in [2.24, 2.45) is 5.92 Å². The largest absolute Gasteiger partial charge is 0.495 e. The molecule has 0 saturated carbocycles. The number of hydrogen-bond acceptors (Lipinski definition) is 2. The number of aromatic nitrogens is 1. The van der Waals surface area contributed by atoms with Crippen LogP contribution in [0.25, 0.3) is 10.9 Å². The van der Waals surface area contributed by atoms with E-state index < -0.39 is 0 Å². The van der Waals surface area contributed by atoms with Gasteiger partial charge in [0.2, 0.25) is 0 Å². The molecule has 0 unspecified atom stereocenters. The van der Waals surface area contributed by atoms with Crippen LogP contribution in [0.5, 0.6) is 5.75 Å². The van der Waals surface area contributed by atoms with E-state index >= 15 is 0 Å². The predicted molar refractivity (Wildman–Crippen MR) is 76.9 cm³/mol. The second-order valence-electron chi connectivity index (χ2n) is 4.70. The van der Waals surface area contributed by atoms with Crippen LogP contribution >= 0.6 is 23.2 Å². The zero-order valence-corrected chi connectivity index (χ0v) is 12.1. The van der Waals surface area contributed by atoms with Gasteiger partial charge in [0, 0.05) is 17.1 Å². The molecule has 0 N–H and O–H groups in total. The monoisotopic (exact) mass is 283 g/mol. The molecule has 4 heteroatoms. The Balaban J connectivity index is 2.59. The summed E-state index contributed by atoms with van der Waals surface area (Å²) in [6.07, 6.45) is 0.903. The Bertz CT molecular complexity index is 582. The maximum Gasteiger partial charge on any atom is 0.139 e. The summed E-state index contributed by atoms with van der Waals surface area (Å²) in [7, 11) is 1.59. The van der Waals surface area contributed by atoms with Gasteiger partial charge in [0.05, 0.1) is 22.7 Å². The minimum atomic E-state index is 0.542. The smallest absolute Gasteiger partial charge is 0.139 e. The SMILES string of the molecule is COc1cc2nc(CC(C)C)cc(Cl)c2cc1Cl. The van der Waals surface area contributed by atoms with Crippen molar-refractivity contribution in [2.75, 3.05) is 7.11 Å². The normalized spacial score (nSPS) is 11.2. The van der Waals surface area contributed by atoms with Gasteiger partial charge in [0.1, 0.15) is 5.75 Å². The van der Waals surface area contributed by atoms with Crippen molar-refractivity contribution >= 4 is 34.1 Å². The molecule has 0 aliphatic rings. The molecular formula is C14H15Cl2NO. The van der Waals surface area contributed by atoms with Gasteiger partial charge in [-0.25, -0.2) is 0 Å². The number of rotatable bonds is 3. The number of hydrogen-bond donors (Lipinski definition) is 0. The fourth-order valence-electron chi connectivity index (χ4n) is 1.92. The Labute approximate surface area is 117 Å². The standard InChI is InChI=1S/C14H15Cl2NO/c1-8(2)4-9-5-11(15)10-6-12(16)14(18-3)7-13(10)17-9/h5-8H,4H2,1-3H3. The molecule has 1 aromatic carbocycles. The molecule has 0 bridgehead atoms. The summed E-state index contributed by atoms with van der Waals surface area (Å²) in [4.78, 5) is 4.60. The minimum Gasteiger partial charge on any atom is -0.495 e. The molecule has 2 nitrogen and oxygen atoms in total. The molecule has 1 aromatic heterocycles. The van der Waals surface area contributed by atoms with Crippen LogP contribution in [0.1, 0.15) is 19.5 Å². The quantitative estimate of drug-likeness (QED) is 0.811. The van der Waals surface area contributed by atoms with E-state index in [1.54, 1.807) is 13.2 Å². The van der Waals surface area contributed by atoms with Crippen LogP contribution in [0.15, 0.2) is 18.2 Å². The lowest BCUT2D eigenvalue weighted by Gasteiger charge is -2.10. The van der Waals surface area contributed by atoms with Crippen LogP contribution in [0, 0.1) is 5.92 Å². The number of benzene rings is 1. The van der Waals surface area contributed by atoms with Gasteiger partial charge in [-0.1, -0.05) is 37.0 Å². The van der Waals surface area contributed by atoms with Crippen LogP contribution in [0.3, 0.4) is 0 Å². The third-order valence-electron chi connectivity index (χ3n) is 2.70. The van der Waals surface area contributed by atoms with Crippen LogP contribution < -0.4 is 4.74 Å². The molecule has 2 aromatic rings. The first-order valence-corrected chi connectivity index (χ1v) is 6.59. The van der Waals surface area contributed by atoms with Gasteiger partial charge in [-0.05, 0) is 24.5 Å². The van der Waals surface area contributed by atoms with Gasteiger partial charge >= 0.3 is 0 Å². The molecule has 0 aliphatic heterocycles. The van der Waals surface area contributed by atoms with Gasteiger partial charge in [0.25, 0.3) is 0 Å². The van der Waals surface area contributed by atoms with E-state index in [-0.39, 0.29) is 0 Å². The molecule has 0 atom stereocenters. The molecule has 0 aliphatic carbocycles. The van der Waals surface area contributed by atoms with Crippen molar-refractivity contribution in [1.82, 2.24) is 4.98 Å². The molecule has 96 valence electrons. The van der Waals surface area contributed by atoms with Crippen LogP contribution in [-0.4, -0.2) is 12.1 Å². The van der Waals surface area contributed by atoms with Gasteiger partial charge < -0.3 is 4.74 Å². The summed E-state index contributed by atoms with van der Waals surface area (Å²) >= 11 is 12.4. The van der Waals surface area contributed by atoms with Crippen LogP contribution in [-0.2, 0) is 6.42 Å². The number of pyridine rings is 1. The number of nitrogens with zero attached hydrogens (tertiary/aromatic N) is 1. The molecule has 1 heterocycles. The zero-order chi connectivity index (χ0) is 13.3. The molecule has 0 amide bonds. The fourth-order valence-corrected chi connectivity index (χ4v) is 2.43. The molecule has 0 fully saturated rings. The first-order chi connectivity index (χ1) is 8.51. The average Bonchev–Trinajstić information content (AvgIpc) is 2.28. The Hall–Kier alpha value is -0.990. The molecule has 0 saturated heterocycles. The minimum absolute atomic E-state index is 0.542. The van der Waals surface area contributed by atoms with Crippen molar-refractivity contribution in [1.29, 1.82) is 0 Å². The summed E-state index contributed by atoms with van der Waals surface area (Å²) in [5.74, 6) is 1.16. The average molecular weight is 284 g/mol. The van der Waals surface area contributed by atoms with Gasteiger partial charge in [-0.2, -0.15) is 0 Å². The maximum absolute atomic E-state index is 6.27. The summed E-state index contributed by atoms with van der Waals surface area (Å²) in [5, 5.41) is 2.08. The molecule has 0 spiro atoms. The zero-order valence-electron chi connectivity index (χ0n) is 10.6. The number of halogens is 2. The highest BCUT2D eigenvalue weighted by Crippen LogP contribution is 2.33. The topological polar surface area (TPSA) is 22.1 Å². The highest BCUT2D eigenvalue weighted by Gasteiger charge is 2.10. The Morgan fingerprint density at radius 1 is 1.17 bits per heavy atom. The van der Waals surface area contributed by atoms with E-state index in [1.165, 1.54) is 0 Å². The summed E-state index contributed by atoms with van der Waals surface area (Å²) in [6, 6.07) is 5.53. The summed E-state index contributed by atoms with van der Waals surface area (Å²) in [6.45, 7) is 4.31. The summed E-state index contributed by atoms with van der Waals surface area (Å²) < 4.78 is 5.20. The lowest BCUT2D eigenvalue weighted by Crippen LogP contribution is -1.98. The highest BCUT2D eigenvalue weighted by molar-refractivity contribution is 6.37. The summed E-state index contributed by atoms with van der Waals surface area (Å²) in [5.41, 5.74) is 1.81. The highest BCUT2D eigenvalue weighted by atomic mass is 35.5. The second-order valence-corrected chi connectivity index (χ2v) is 5.51. The third-order valence-corrected chi connectivity index (χ3v) is 3.31. The Kier molecular flexibility index (Phi) is 3.98. The van der Waals surface area contributed by atoms with E-state index in [2.05, 4.69) is 18.8 Å². The van der Waals surface area contributed by atoms with E-state index in [9.17, 15) is 0 Å². The number of ether oxygens (including phenoxy) is 1. The predicted octanol–water partition coefficient (Wildman–Crippen LogP) is 4.75. The number of fused-ring (bicyclic) bond motifs is 1. The van der Waals surface area contributed by atoms with Gasteiger partial charge in [-0.3, -0.25) is 4.98 Å². The molecular weight excluding hydrogens is 269 g/mol.